The minimum Gasteiger partial charge on any atom is -0.462 e. The zero-order valence-electron chi connectivity index (χ0n) is 20.2. The van der Waals surface area contributed by atoms with Crippen molar-refractivity contribution in [1.29, 1.82) is 0 Å². The highest BCUT2D eigenvalue weighted by Crippen LogP contribution is 2.28. The van der Waals surface area contributed by atoms with E-state index in [0.717, 1.165) is 31.3 Å². The lowest BCUT2D eigenvalue weighted by Crippen LogP contribution is -2.29. The zero-order chi connectivity index (χ0) is 24.9. The van der Waals surface area contributed by atoms with Gasteiger partial charge in [0.1, 0.15) is 24.1 Å². The Morgan fingerprint density at radius 1 is 1.08 bits per heavy atom. The lowest BCUT2D eigenvalue weighted by atomic mass is 10.1. The molecule has 0 bridgehead atoms. The third-order valence-electron chi connectivity index (χ3n) is 6.39. The summed E-state index contributed by atoms with van der Waals surface area (Å²) in [6.45, 7) is 5.19. The summed E-state index contributed by atoms with van der Waals surface area (Å²) in [4.78, 5) is 16.0. The number of nitrogens with zero attached hydrogens (tertiary/aromatic N) is 6. The third-order valence-corrected chi connectivity index (χ3v) is 6.39. The summed E-state index contributed by atoms with van der Waals surface area (Å²) in [6, 6.07) is 6.84. The van der Waals surface area contributed by atoms with Crippen molar-refractivity contribution >= 4 is 11.5 Å². The molecule has 1 atom stereocenters. The van der Waals surface area contributed by atoms with Gasteiger partial charge in [-0.25, -0.2) is 18.3 Å². The number of ether oxygens (including phenoxy) is 1. The lowest BCUT2D eigenvalue weighted by molar-refractivity contribution is 0.205. The topological polar surface area (TPSA) is 80.5 Å². The van der Waals surface area contributed by atoms with E-state index in [1.807, 2.05) is 6.20 Å². The fraction of sp³-hybridized carbons (Fsp3) is 0.385. The van der Waals surface area contributed by atoms with Gasteiger partial charge in [0.05, 0.1) is 23.5 Å². The molecule has 1 aliphatic heterocycles. The number of hydrogen-bond acceptors (Lipinski definition) is 7. The number of hydrogen-bond donors (Lipinski definition) is 1. The van der Waals surface area contributed by atoms with Crippen LogP contribution < -0.4 is 10.1 Å². The molecule has 1 fully saturated rings. The number of rotatable bonds is 8. The van der Waals surface area contributed by atoms with Gasteiger partial charge in [0.25, 0.3) is 0 Å². The molecule has 5 rings (SSSR count). The number of benzene rings is 1. The summed E-state index contributed by atoms with van der Waals surface area (Å²) >= 11 is 0. The van der Waals surface area contributed by atoms with Crippen LogP contribution in [0.4, 0.5) is 14.6 Å². The van der Waals surface area contributed by atoms with E-state index in [0.29, 0.717) is 29.3 Å². The van der Waals surface area contributed by atoms with Gasteiger partial charge >= 0.3 is 6.01 Å². The molecule has 4 heterocycles. The SMILES string of the molecule is C[C@H](Nc1cc(-c2cnn3cccnc23)nc(OCCN2CCCCCC2)n1)c1ccc(F)cc1F. The molecule has 0 radical (unpaired) electrons. The molecule has 0 amide bonds. The fourth-order valence-electron chi connectivity index (χ4n) is 4.49. The Labute approximate surface area is 208 Å². The molecule has 4 aromatic rings. The Balaban J connectivity index is 1.40. The Hall–Kier alpha value is -3.66. The van der Waals surface area contributed by atoms with E-state index >= 15 is 0 Å². The molecule has 1 aromatic carbocycles. The first-order valence-corrected chi connectivity index (χ1v) is 12.3. The van der Waals surface area contributed by atoms with E-state index in [1.54, 1.807) is 36.0 Å². The average Bonchev–Trinajstić information content (AvgIpc) is 3.12. The number of likely N-dealkylation sites (tertiary alicyclic amines) is 1. The number of nitrogens with one attached hydrogen (secondary N) is 1. The molecule has 36 heavy (non-hydrogen) atoms. The monoisotopic (exact) mass is 493 g/mol. The molecule has 0 unspecified atom stereocenters. The molecular weight excluding hydrogens is 464 g/mol. The van der Waals surface area contributed by atoms with Crippen molar-refractivity contribution in [3.8, 4) is 17.3 Å². The standard InChI is InChI=1S/C26H29F2N7O/c1-18(20-8-7-19(27)15-22(20)28)31-24-16-23(21-17-30-35-12-6-9-29-25(21)35)32-26(33-24)36-14-13-34-10-4-2-3-5-11-34/h6-9,12,15-18H,2-5,10-11,13-14H2,1H3,(H,31,32,33)/t18-/m0/s1. The molecule has 0 spiro atoms. The predicted octanol–water partition coefficient (Wildman–Crippen LogP) is 4.89. The minimum atomic E-state index is -0.620. The number of aromatic nitrogens is 5. The van der Waals surface area contributed by atoms with Crippen LogP contribution in [-0.4, -0.2) is 55.7 Å². The second kappa shape index (κ2) is 10.9. The summed E-state index contributed by atoms with van der Waals surface area (Å²) in [5.74, 6) is -0.783. The highest BCUT2D eigenvalue weighted by Gasteiger charge is 2.17. The van der Waals surface area contributed by atoms with Crippen molar-refractivity contribution in [2.45, 2.75) is 38.6 Å². The van der Waals surface area contributed by atoms with Gasteiger partial charge in [-0.15, -0.1) is 0 Å². The predicted molar refractivity (Wildman–Crippen MR) is 133 cm³/mol. The number of anilines is 1. The van der Waals surface area contributed by atoms with E-state index in [9.17, 15) is 8.78 Å². The van der Waals surface area contributed by atoms with Crippen molar-refractivity contribution in [2.24, 2.45) is 0 Å². The smallest absolute Gasteiger partial charge is 0.318 e. The summed E-state index contributed by atoms with van der Waals surface area (Å²) in [6.07, 6.45) is 10.2. The Kier molecular flexibility index (Phi) is 7.31. The quantitative estimate of drug-likeness (QED) is 0.374. The van der Waals surface area contributed by atoms with E-state index in [-0.39, 0.29) is 6.01 Å². The van der Waals surface area contributed by atoms with Gasteiger partial charge in [-0.2, -0.15) is 15.1 Å². The van der Waals surface area contributed by atoms with Crippen LogP contribution >= 0.6 is 0 Å². The van der Waals surface area contributed by atoms with Gasteiger partial charge in [-0.3, -0.25) is 4.90 Å². The van der Waals surface area contributed by atoms with Gasteiger partial charge in [0.15, 0.2) is 5.65 Å². The molecule has 0 aliphatic carbocycles. The Morgan fingerprint density at radius 3 is 2.72 bits per heavy atom. The second-order valence-electron chi connectivity index (χ2n) is 9.00. The van der Waals surface area contributed by atoms with Crippen LogP contribution in [0.1, 0.15) is 44.2 Å². The number of halogens is 2. The molecule has 1 N–H and O–H groups in total. The number of fused-ring (bicyclic) bond motifs is 1. The van der Waals surface area contributed by atoms with Crippen molar-refractivity contribution in [3.05, 3.63) is 66.1 Å². The van der Waals surface area contributed by atoms with Gasteiger partial charge in [-0.1, -0.05) is 18.9 Å². The first-order chi connectivity index (χ1) is 17.6. The van der Waals surface area contributed by atoms with Crippen LogP contribution in [0.25, 0.3) is 16.9 Å². The lowest BCUT2D eigenvalue weighted by Gasteiger charge is -2.20. The van der Waals surface area contributed by atoms with Crippen LogP contribution in [0.5, 0.6) is 6.01 Å². The van der Waals surface area contributed by atoms with Gasteiger partial charge in [0, 0.05) is 36.6 Å². The summed E-state index contributed by atoms with van der Waals surface area (Å²) in [5, 5.41) is 7.56. The maximum atomic E-state index is 14.4. The van der Waals surface area contributed by atoms with Crippen LogP contribution in [0, 0.1) is 11.6 Å². The van der Waals surface area contributed by atoms with Crippen LogP contribution in [0.3, 0.4) is 0 Å². The molecule has 8 nitrogen and oxygen atoms in total. The largest absolute Gasteiger partial charge is 0.462 e. The van der Waals surface area contributed by atoms with Gasteiger partial charge in [-0.05, 0) is 45.0 Å². The first-order valence-electron chi connectivity index (χ1n) is 12.3. The Bertz CT molecular complexity index is 1320. The minimum absolute atomic E-state index is 0.215. The molecule has 0 saturated carbocycles. The fourth-order valence-corrected chi connectivity index (χ4v) is 4.49. The van der Waals surface area contributed by atoms with E-state index in [1.165, 1.54) is 37.8 Å². The molecular formula is C26H29F2N7O. The third kappa shape index (κ3) is 5.59. The zero-order valence-corrected chi connectivity index (χ0v) is 20.2. The average molecular weight is 494 g/mol. The van der Waals surface area contributed by atoms with Crippen molar-refractivity contribution in [2.75, 3.05) is 31.6 Å². The summed E-state index contributed by atoms with van der Waals surface area (Å²) < 4.78 is 35.4. The maximum Gasteiger partial charge on any atom is 0.318 e. The van der Waals surface area contributed by atoms with Crippen molar-refractivity contribution in [3.63, 3.8) is 0 Å². The van der Waals surface area contributed by atoms with E-state index in [4.69, 9.17) is 4.74 Å². The van der Waals surface area contributed by atoms with E-state index in [2.05, 4.69) is 30.3 Å². The maximum absolute atomic E-state index is 14.4. The van der Waals surface area contributed by atoms with Crippen molar-refractivity contribution in [1.82, 2.24) is 29.5 Å². The highest BCUT2D eigenvalue weighted by atomic mass is 19.1. The van der Waals surface area contributed by atoms with Gasteiger partial charge < -0.3 is 10.1 Å². The first kappa shape index (κ1) is 24.1. The van der Waals surface area contributed by atoms with Crippen molar-refractivity contribution < 1.29 is 13.5 Å². The highest BCUT2D eigenvalue weighted by molar-refractivity contribution is 5.75. The molecule has 1 aliphatic rings. The Morgan fingerprint density at radius 2 is 1.92 bits per heavy atom. The summed E-state index contributed by atoms with van der Waals surface area (Å²) in [7, 11) is 0. The van der Waals surface area contributed by atoms with Crippen LogP contribution in [0.15, 0.2) is 48.9 Å². The second-order valence-corrected chi connectivity index (χ2v) is 9.00. The normalized spacial score (nSPS) is 15.5. The molecule has 1 saturated heterocycles. The molecule has 10 heteroatoms. The van der Waals surface area contributed by atoms with Crippen LogP contribution in [0.2, 0.25) is 0 Å². The molecule has 188 valence electrons. The molecule has 3 aromatic heterocycles. The summed E-state index contributed by atoms with van der Waals surface area (Å²) in [5.41, 5.74) is 2.28. The van der Waals surface area contributed by atoms with E-state index < -0.39 is 17.7 Å². The van der Waals surface area contributed by atoms with Crippen LogP contribution in [-0.2, 0) is 0 Å². The van der Waals surface area contributed by atoms with Gasteiger partial charge in [0.2, 0.25) is 0 Å².